The lowest BCUT2D eigenvalue weighted by Crippen LogP contribution is -2.35. The number of halogens is 1. The van der Waals surface area contributed by atoms with Gasteiger partial charge in [-0.05, 0) is 18.2 Å². The van der Waals surface area contributed by atoms with E-state index in [-0.39, 0.29) is 35.5 Å². The van der Waals surface area contributed by atoms with Crippen LogP contribution in [-0.4, -0.2) is 40.9 Å². The molecule has 2 N–H and O–H groups in total. The van der Waals surface area contributed by atoms with Crippen molar-refractivity contribution in [2.24, 2.45) is 0 Å². The zero-order valence-electron chi connectivity index (χ0n) is 13.7. The number of carbonyl (C=O) groups excluding carboxylic acids is 4. The third-order valence-electron chi connectivity index (χ3n) is 4.04. The van der Waals surface area contributed by atoms with Crippen molar-refractivity contribution < 1.29 is 19.2 Å². The quantitative estimate of drug-likeness (QED) is 0.344. The number of benzene rings is 2. The molecule has 26 heavy (non-hydrogen) atoms. The second kappa shape index (κ2) is 7.77. The lowest BCUT2D eigenvalue weighted by Gasteiger charge is -2.18. The normalized spacial score (nSPS) is 12.2. The first-order valence-corrected chi connectivity index (χ1v) is 9.49. The van der Waals surface area contributed by atoms with Crippen molar-refractivity contribution in [3.8, 4) is 0 Å². The van der Waals surface area contributed by atoms with Gasteiger partial charge in [0.2, 0.25) is 5.91 Å². The van der Waals surface area contributed by atoms with Crippen molar-refractivity contribution in [2.45, 2.75) is 0 Å². The fraction of sp³-hybridized carbons (Fsp3) is 0.158. The Bertz CT molecular complexity index is 924. The predicted octanol–water partition coefficient (Wildman–Crippen LogP) is 1.74. The molecular formula is C19H15IN2O4. The number of hydrogen-bond donors (Lipinski definition) is 2. The monoisotopic (exact) mass is 462 g/mol. The lowest BCUT2D eigenvalue weighted by atomic mass is 9.83. The molecule has 0 aliphatic heterocycles. The summed E-state index contributed by atoms with van der Waals surface area (Å²) in [4.78, 5) is 48.6. The fourth-order valence-electron chi connectivity index (χ4n) is 2.77. The largest absolute Gasteiger partial charge is 0.354 e. The van der Waals surface area contributed by atoms with Crippen LogP contribution in [-0.2, 0) is 4.79 Å². The molecule has 2 aromatic carbocycles. The number of alkyl halides is 1. The van der Waals surface area contributed by atoms with Crippen LogP contribution < -0.4 is 10.6 Å². The van der Waals surface area contributed by atoms with Crippen molar-refractivity contribution in [1.82, 2.24) is 10.6 Å². The molecule has 3 rings (SSSR count). The molecule has 2 amide bonds. The van der Waals surface area contributed by atoms with E-state index in [9.17, 15) is 19.2 Å². The number of amides is 2. The Morgan fingerprint density at radius 2 is 1.38 bits per heavy atom. The van der Waals surface area contributed by atoms with Crippen LogP contribution in [0.1, 0.15) is 42.2 Å². The summed E-state index contributed by atoms with van der Waals surface area (Å²) >= 11 is 1.95. The van der Waals surface area contributed by atoms with E-state index in [1.165, 1.54) is 18.2 Å². The Balaban J connectivity index is 1.77. The number of rotatable bonds is 5. The molecule has 1 aliphatic carbocycles. The van der Waals surface area contributed by atoms with Crippen LogP contribution in [0.2, 0.25) is 0 Å². The van der Waals surface area contributed by atoms with Crippen LogP contribution >= 0.6 is 22.6 Å². The van der Waals surface area contributed by atoms with Crippen LogP contribution in [0.25, 0.3) is 0 Å². The summed E-state index contributed by atoms with van der Waals surface area (Å²) in [5, 5.41) is 5.33. The third-order valence-corrected chi connectivity index (χ3v) is 4.73. The summed E-state index contributed by atoms with van der Waals surface area (Å²) in [5.41, 5.74) is 1.57. The molecule has 0 atom stereocenters. The van der Waals surface area contributed by atoms with Crippen LogP contribution in [0.4, 0.5) is 0 Å². The Morgan fingerprint density at radius 3 is 2.04 bits per heavy atom. The minimum absolute atomic E-state index is 0.101. The third kappa shape index (κ3) is 3.52. The number of hydrogen-bond acceptors (Lipinski definition) is 4. The Hall–Kier alpha value is -2.55. The van der Waals surface area contributed by atoms with Gasteiger partial charge in [-0.1, -0.05) is 46.9 Å². The Kier molecular flexibility index (Phi) is 5.46. The van der Waals surface area contributed by atoms with Crippen LogP contribution in [0, 0.1) is 0 Å². The van der Waals surface area contributed by atoms with Crippen LogP contribution in [0.3, 0.4) is 0 Å². The maximum absolute atomic E-state index is 12.7. The first kappa shape index (κ1) is 18.2. The highest BCUT2D eigenvalue weighted by atomic mass is 127. The second-order valence-corrected chi connectivity index (χ2v) is 6.47. The van der Waals surface area contributed by atoms with Crippen molar-refractivity contribution in [3.63, 3.8) is 0 Å². The zero-order valence-corrected chi connectivity index (χ0v) is 15.8. The smallest absolute Gasteiger partial charge is 0.251 e. The molecule has 0 aromatic heterocycles. The van der Waals surface area contributed by atoms with Gasteiger partial charge in [0.25, 0.3) is 5.91 Å². The van der Waals surface area contributed by atoms with E-state index in [1.807, 2.05) is 22.6 Å². The maximum atomic E-state index is 12.7. The highest BCUT2D eigenvalue weighted by molar-refractivity contribution is 14.1. The summed E-state index contributed by atoms with van der Waals surface area (Å²) in [7, 11) is 0. The number of fused-ring (bicyclic) bond motifs is 2. The van der Waals surface area contributed by atoms with E-state index in [0.29, 0.717) is 33.2 Å². The molecule has 1 aliphatic rings. The minimum Gasteiger partial charge on any atom is -0.354 e. The van der Waals surface area contributed by atoms with Crippen molar-refractivity contribution >= 4 is 46.0 Å². The van der Waals surface area contributed by atoms with Gasteiger partial charge in [0.1, 0.15) is 0 Å². The van der Waals surface area contributed by atoms with E-state index in [4.69, 9.17) is 0 Å². The topological polar surface area (TPSA) is 92.3 Å². The van der Waals surface area contributed by atoms with E-state index >= 15 is 0 Å². The summed E-state index contributed by atoms with van der Waals surface area (Å²) in [6.07, 6.45) is 0. The SMILES string of the molecule is O=C(CI)NCCNC(=O)c1ccc2c(c1)C(=O)c1ccccc1C2=O. The highest BCUT2D eigenvalue weighted by Crippen LogP contribution is 2.27. The molecule has 0 fully saturated rings. The first-order chi connectivity index (χ1) is 12.5. The van der Waals surface area contributed by atoms with Gasteiger partial charge in [-0.25, -0.2) is 0 Å². The summed E-state index contributed by atoms with van der Waals surface area (Å²) in [6.45, 7) is 0.595. The molecule has 6 nitrogen and oxygen atoms in total. The molecular weight excluding hydrogens is 447 g/mol. The van der Waals surface area contributed by atoms with E-state index in [1.54, 1.807) is 24.3 Å². The maximum Gasteiger partial charge on any atom is 0.251 e. The molecule has 0 saturated heterocycles. The minimum atomic E-state index is -0.365. The van der Waals surface area contributed by atoms with Gasteiger partial charge in [0, 0.05) is 40.9 Å². The predicted molar refractivity (Wildman–Crippen MR) is 104 cm³/mol. The number of nitrogens with one attached hydrogen (secondary N) is 2. The van der Waals surface area contributed by atoms with E-state index in [2.05, 4.69) is 10.6 Å². The van der Waals surface area contributed by atoms with Gasteiger partial charge >= 0.3 is 0 Å². The van der Waals surface area contributed by atoms with Gasteiger partial charge < -0.3 is 10.6 Å². The van der Waals surface area contributed by atoms with Gasteiger partial charge in [0.05, 0.1) is 4.43 Å². The molecule has 0 unspecified atom stereocenters. The fourth-order valence-corrected chi connectivity index (χ4v) is 3.04. The Morgan fingerprint density at radius 1 is 0.808 bits per heavy atom. The molecule has 0 saturated carbocycles. The molecule has 0 radical (unpaired) electrons. The van der Waals surface area contributed by atoms with Gasteiger partial charge in [-0.15, -0.1) is 0 Å². The first-order valence-electron chi connectivity index (χ1n) is 7.96. The van der Waals surface area contributed by atoms with Gasteiger partial charge in [-0.3, -0.25) is 19.2 Å². The zero-order chi connectivity index (χ0) is 18.7. The summed E-state index contributed by atoms with van der Waals surface area (Å²) < 4.78 is 0.355. The van der Waals surface area contributed by atoms with E-state index in [0.717, 1.165) is 0 Å². The molecule has 0 spiro atoms. The molecule has 132 valence electrons. The number of carbonyl (C=O) groups is 4. The lowest BCUT2D eigenvalue weighted by molar-refractivity contribution is -0.118. The Labute approximate surface area is 163 Å². The van der Waals surface area contributed by atoms with Crippen molar-refractivity contribution in [3.05, 3.63) is 70.3 Å². The van der Waals surface area contributed by atoms with Crippen LogP contribution in [0.5, 0.6) is 0 Å². The molecule has 0 bridgehead atoms. The summed E-state index contributed by atoms with van der Waals surface area (Å²) in [6, 6.07) is 11.1. The average Bonchev–Trinajstić information content (AvgIpc) is 2.68. The molecule has 2 aromatic rings. The molecule has 0 heterocycles. The van der Waals surface area contributed by atoms with E-state index < -0.39 is 0 Å². The molecule has 7 heteroatoms. The summed E-state index contributed by atoms with van der Waals surface area (Å²) in [5.74, 6) is -0.949. The standard InChI is InChI=1S/C19H15IN2O4/c20-10-16(23)21-7-8-22-19(26)11-5-6-14-15(9-11)18(25)13-4-2-1-3-12(13)17(14)24/h1-6,9H,7-8,10H2,(H,21,23)(H,22,26). The van der Waals surface area contributed by atoms with Crippen molar-refractivity contribution in [1.29, 1.82) is 0 Å². The number of ketones is 2. The van der Waals surface area contributed by atoms with Gasteiger partial charge in [0.15, 0.2) is 11.6 Å². The van der Waals surface area contributed by atoms with Crippen LogP contribution in [0.15, 0.2) is 42.5 Å². The highest BCUT2D eigenvalue weighted by Gasteiger charge is 2.29. The van der Waals surface area contributed by atoms with Gasteiger partial charge in [-0.2, -0.15) is 0 Å². The second-order valence-electron chi connectivity index (χ2n) is 5.70. The average molecular weight is 462 g/mol. The van der Waals surface area contributed by atoms with Crippen molar-refractivity contribution in [2.75, 3.05) is 17.5 Å².